The Hall–Kier alpha value is -0.120. The van der Waals surface area contributed by atoms with Crippen LogP contribution in [-0.4, -0.2) is 61.7 Å². The Morgan fingerprint density at radius 1 is 1.25 bits per heavy atom. The third kappa shape index (κ3) is 2.96. The normalized spacial score (nSPS) is 30.9. The zero-order chi connectivity index (χ0) is 11.4. The van der Waals surface area contributed by atoms with Gasteiger partial charge in [0.15, 0.2) is 0 Å². The van der Waals surface area contributed by atoms with Crippen molar-refractivity contribution in [3.05, 3.63) is 0 Å². The molecule has 0 radical (unpaired) electrons. The summed E-state index contributed by atoms with van der Waals surface area (Å²) in [6.45, 7) is 13.3. The van der Waals surface area contributed by atoms with Crippen molar-refractivity contribution < 1.29 is 0 Å². The van der Waals surface area contributed by atoms with Gasteiger partial charge in [-0.15, -0.1) is 0 Å². The van der Waals surface area contributed by atoms with Crippen molar-refractivity contribution in [3.8, 4) is 0 Å². The van der Waals surface area contributed by atoms with E-state index in [0.717, 1.165) is 12.0 Å². The van der Waals surface area contributed by atoms with Gasteiger partial charge in [0.05, 0.1) is 0 Å². The highest BCUT2D eigenvalue weighted by atomic mass is 15.2. The Morgan fingerprint density at radius 2 is 2.06 bits per heavy atom. The third-order valence-corrected chi connectivity index (χ3v) is 4.30. The summed E-state index contributed by atoms with van der Waals surface area (Å²) in [7, 11) is 0. The molecule has 2 fully saturated rings. The SMILES string of the molecule is CCN(CC)CCN1CC2CCCNC2C1. The van der Waals surface area contributed by atoms with Gasteiger partial charge >= 0.3 is 0 Å². The summed E-state index contributed by atoms with van der Waals surface area (Å²) in [6.07, 6.45) is 2.82. The molecule has 2 saturated heterocycles. The minimum Gasteiger partial charge on any atom is -0.312 e. The summed E-state index contributed by atoms with van der Waals surface area (Å²) in [5, 5.41) is 3.67. The molecule has 0 aromatic carbocycles. The van der Waals surface area contributed by atoms with E-state index in [-0.39, 0.29) is 0 Å². The fraction of sp³-hybridized carbons (Fsp3) is 1.00. The zero-order valence-corrected chi connectivity index (χ0v) is 10.9. The Kier molecular flexibility index (Phi) is 4.62. The second-order valence-electron chi connectivity index (χ2n) is 5.25. The molecule has 2 atom stereocenters. The van der Waals surface area contributed by atoms with Crippen LogP contribution in [0.1, 0.15) is 26.7 Å². The van der Waals surface area contributed by atoms with E-state index in [1.54, 1.807) is 0 Å². The molecule has 3 heteroatoms. The second-order valence-corrected chi connectivity index (χ2v) is 5.25. The summed E-state index contributed by atoms with van der Waals surface area (Å²) < 4.78 is 0. The van der Waals surface area contributed by atoms with Gasteiger partial charge in [-0.25, -0.2) is 0 Å². The zero-order valence-electron chi connectivity index (χ0n) is 10.9. The molecular formula is C13H27N3. The molecule has 0 spiro atoms. The molecule has 2 rings (SSSR count). The molecule has 94 valence electrons. The van der Waals surface area contributed by atoms with E-state index in [0.29, 0.717) is 0 Å². The highest BCUT2D eigenvalue weighted by Crippen LogP contribution is 2.24. The molecule has 3 nitrogen and oxygen atoms in total. The predicted molar refractivity (Wildman–Crippen MR) is 68.7 cm³/mol. The fourth-order valence-electron chi connectivity index (χ4n) is 3.14. The van der Waals surface area contributed by atoms with Crippen molar-refractivity contribution in [1.29, 1.82) is 0 Å². The molecule has 0 aromatic heterocycles. The number of fused-ring (bicyclic) bond motifs is 1. The highest BCUT2D eigenvalue weighted by Gasteiger charge is 2.33. The number of nitrogens with one attached hydrogen (secondary N) is 1. The predicted octanol–water partition coefficient (Wildman–Crippen LogP) is 1.01. The molecule has 0 amide bonds. The van der Waals surface area contributed by atoms with E-state index < -0.39 is 0 Å². The lowest BCUT2D eigenvalue weighted by Gasteiger charge is -2.24. The first-order chi connectivity index (χ1) is 7.83. The summed E-state index contributed by atoms with van der Waals surface area (Å²) in [4.78, 5) is 5.18. The molecule has 1 N–H and O–H groups in total. The lowest BCUT2D eigenvalue weighted by Crippen LogP contribution is -2.41. The first-order valence-electron chi connectivity index (χ1n) is 7.01. The lowest BCUT2D eigenvalue weighted by molar-refractivity contribution is 0.235. The van der Waals surface area contributed by atoms with Crippen LogP contribution in [-0.2, 0) is 0 Å². The number of hydrogen-bond acceptors (Lipinski definition) is 3. The average Bonchev–Trinajstić information content (AvgIpc) is 2.73. The van der Waals surface area contributed by atoms with Gasteiger partial charge in [0.1, 0.15) is 0 Å². The lowest BCUT2D eigenvalue weighted by atomic mass is 9.94. The van der Waals surface area contributed by atoms with Gasteiger partial charge in [-0.2, -0.15) is 0 Å². The molecule has 16 heavy (non-hydrogen) atoms. The Morgan fingerprint density at radius 3 is 2.75 bits per heavy atom. The van der Waals surface area contributed by atoms with Crippen LogP contribution < -0.4 is 5.32 Å². The molecule has 0 bridgehead atoms. The van der Waals surface area contributed by atoms with Crippen molar-refractivity contribution >= 4 is 0 Å². The summed E-state index contributed by atoms with van der Waals surface area (Å²) in [5.74, 6) is 0.936. The van der Waals surface area contributed by atoms with Crippen molar-refractivity contribution in [2.45, 2.75) is 32.7 Å². The van der Waals surface area contributed by atoms with Crippen molar-refractivity contribution in [2.24, 2.45) is 5.92 Å². The number of likely N-dealkylation sites (tertiary alicyclic amines) is 1. The first-order valence-corrected chi connectivity index (χ1v) is 7.01. The Labute approximate surface area is 100 Å². The minimum absolute atomic E-state index is 0.797. The average molecular weight is 225 g/mol. The first kappa shape index (κ1) is 12.3. The fourth-order valence-corrected chi connectivity index (χ4v) is 3.14. The smallest absolute Gasteiger partial charge is 0.0235 e. The van der Waals surface area contributed by atoms with E-state index in [9.17, 15) is 0 Å². The van der Waals surface area contributed by atoms with Crippen molar-refractivity contribution in [1.82, 2.24) is 15.1 Å². The third-order valence-electron chi connectivity index (χ3n) is 4.30. The number of likely N-dealkylation sites (N-methyl/N-ethyl adjacent to an activating group) is 1. The van der Waals surface area contributed by atoms with E-state index >= 15 is 0 Å². The van der Waals surface area contributed by atoms with Gasteiger partial charge in [-0.1, -0.05) is 13.8 Å². The van der Waals surface area contributed by atoms with Crippen LogP contribution in [0.3, 0.4) is 0 Å². The van der Waals surface area contributed by atoms with E-state index in [1.165, 1.54) is 58.7 Å². The number of nitrogens with zero attached hydrogens (tertiary/aromatic N) is 2. The molecule has 2 heterocycles. The van der Waals surface area contributed by atoms with Gasteiger partial charge in [-0.05, 0) is 38.4 Å². The Balaban J connectivity index is 1.71. The molecule has 0 aliphatic carbocycles. The van der Waals surface area contributed by atoms with E-state index in [4.69, 9.17) is 0 Å². The van der Waals surface area contributed by atoms with Gasteiger partial charge in [-0.3, -0.25) is 0 Å². The second kappa shape index (κ2) is 5.99. The number of rotatable bonds is 5. The topological polar surface area (TPSA) is 18.5 Å². The van der Waals surface area contributed by atoms with Crippen LogP contribution in [0.15, 0.2) is 0 Å². The van der Waals surface area contributed by atoms with Crippen LogP contribution in [0.4, 0.5) is 0 Å². The van der Waals surface area contributed by atoms with Crippen LogP contribution in [0.2, 0.25) is 0 Å². The largest absolute Gasteiger partial charge is 0.312 e. The van der Waals surface area contributed by atoms with E-state index in [1.807, 2.05) is 0 Å². The van der Waals surface area contributed by atoms with Crippen LogP contribution in [0, 0.1) is 5.92 Å². The van der Waals surface area contributed by atoms with Gasteiger partial charge in [0, 0.05) is 32.2 Å². The van der Waals surface area contributed by atoms with Gasteiger partial charge in [0.2, 0.25) is 0 Å². The Bertz CT molecular complexity index is 189. The van der Waals surface area contributed by atoms with Gasteiger partial charge < -0.3 is 15.1 Å². The molecule has 2 unspecified atom stereocenters. The summed E-state index contributed by atoms with van der Waals surface area (Å²) >= 11 is 0. The van der Waals surface area contributed by atoms with Crippen molar-refractivity contribution in [2.75, 3.05) is 45.8 Å². The quantitative estimate of drug-likeness (QED) is 0.753. The molecule has 2 aliphatic rings. The van der Waals surface area contributed by atoms with E-state index in [2.05, 4.69) is 29.0 Å². The van der Waals surface area contributed by atoms with Crippen molar-refractivity contribution in [3.63, 3.8) is 0 Å². The number of piperidine rings is 1. The molecule has 0 saturated carbocycles. The summed E-state index contributed by atoms with van der Waals surface area (Å²) in [6, 6.07) is 0.797. The van der Waals surface area contributed by atoms with Crippen LogP contribution >= 0.6 is 0 Å². The maximum absolute atomic E-state index is 3.67. The molecule has 2 aliphatic heterocycles. The summed E-state index contributed by atoms with van der Waals surface area (Å²) in [5.41, 5.74) is 0. The van der Waals surface area contributed by atoms with Gasteiger partial charge in [0.25, 0.3) is 0 Å². The molecule has 0 aromatic rings. The number of hydrogen-bond donors (Lipinski definition) is 1. The monoisotopic (exact) mass is 225 g/mol. The van der Waals surface area contributed by atoms with Crippen LogP contribution in [0.5, 0.6) is 0 Å². The maximum atomic E-state index is 3.67. The van der Waals surface area contributed by atoms with Crippen LogP contribution in [0.25, 0.3) is 0 Å². The molecular weight excluding hydrogens is 198 g/mol. The highest BCUT2D eigenvalue weighted by molar-refractivity contribution is 4.91. The standard InChI is InChI=1S/C13H27N3/c1-3-15(4-2)8-9-16-10-12-6-5-7-14-13(12)11-16/h12-14H,3-11H2,1-2H3. The maximum Gasteiger partial charge on any atom is 0.0235 e. The minimum atomic E-state index is 0.797.